The van der Waals surface area contributed by atoms with Gasteiger partial charge in [0.25, 0.3) is 0 Å². The first-order valence-corrected chi connectivity index (χ1v) is 5.74. The van der Waals surface area contributed by atoms with Crippen molar-refractivity contribution in [1.82, 2.24) is 0 Å². The fourth-order valence-electron chi connectivity index (χ4n) is 2.39. The van der Waals surface area contributed by atoms with E-state index in [1.807, 2.05) is 0 Å². The monoisotopic (exact) mass is 223 g/mol. The molecule has 1 aromatic rings. The van der Waals surface area contributed by atoms with E-state index in [2.05, 4.69) is 19.2 Å². The zero-order valence-electron chi connectivity index (χ0n) is 9.76. The molecule has 0 aliphatic heterocycles. The van der Waals surface area contributed by atoms with Gasteiger partial charge < -0.3 is 10.4 Å². The van der Waals surface area contributed by atoms with Crippen LogP contribution >= 0.6 is 0 Å². The largest absolute Gasteiger partial charge is 0.505 e. The molecule has 88 valence electrons. The van der Waals surface area contributed by atoms with E-state index >= 15 is 0 Å². The smallest absolute Gasteiger partial charge is 0.166 e. The summed E-state index contributed by atoms with van der Waals surface area (Å²) in [5, 5.41) is 12.5. The lowest BCUT2D eigenvalue weighted by Crippen LogP contribution is -2.30. The van der Waals surface area contributed by atoms with E-state index in [0.717, 1.165) is 12.1 Å². The van der Waals surface area contributed by atoms with E-state index in [0.29, 0.717) is 6.04 Å². The first-order valence-electron chi connectivity index (χ1n) is 5.74. The summed E-state index contributed by atoms with van der Waals surface area (Å²) in [5.41, 5.74) is 1.00. The highest BCUT2D eigenvalue weighted by atomic mass is 19.1. The summed E-state index contributed by atoms with van der Waals surface area (Å²) in [6, 6.07) is 4.84. The fraction of sp³-hybridized carbons (Fsp3) is 0.538. The molecule has 1 aliphatic rings. The number of aromatic hydroxyl groups is 1. The highest BCUT2D eigenvalue weighted by molar-refractivity contribution is 5.48. The molecule has 1 atom stereocenters. The van der Waals surface area contributed by atoms with Crippen molar-refractivity contribution in [2.45, 2.75) is 39.2 Å². The number of benzene rings is 1. The maximum absolute atomic E-state index is 13.2. The van der Waals surface area contributed by atoms with Crippen molar-refractivity contribution in [3.05, 3.63) is 24.0 Å². The molecule has 2 nitrogen and oxygen atoms in total. The Balaban J connectivity index is 2.12. The minimum Gasteiger partial charge on any atom is -0.505 e. The lowest BCUT2D eigenvalue weighted by atomic mass is 9.87. The highest BCUT2D eigenvalue weighted by Crippen LogP contribution is 2.39. The van der Waals surface area contributed by atoms with E-state index < -0.39 is 5.82 Å². The lowest BCUT2D eigenvalue weighted by Gasteiger charge is -2.28. The van der Waals surface area contributed by atoms with Crippen LogP contribution in [0, 0.1) is 11.2 Å². The first-order chi connectivity index (χ1) is 7.49. The molecule has 16 heavy (non-hydrogen) atoms. The maximum atomic E-state index is 13.2. The third kappa shape index (κ3) is 2.13. The number of hydrogen-bond acceptors (Lipinski definition) is 2. The number of rotatable bonds is 2. The van der Waals surface area contributed by atoms with Gasteiger partial charge in [0.05, 0.1) is 0 Å². The Hall–Kier alpha value is -1.25. The minimum absolute atomic E-state index is 0.258. The van der Waals surface area contributed by atoms with Crippen LogP contribution in [-0.2, 0) is 0 Å². The molecule has 0 spiro atoms. The Morgan fingerprint density at radius 1 is 1.44 bits per heavy atom. The van der Waals surface area contributed by atoms with Crippen molar-refractivity contribution in [3.8, 4) is 5.75 Å². The van der Waals surface area contributed by atoms with Crippen molar-refractivity contribution < 1.29 is 9.50 Å². The Labute approximate surface area is 95.5 Å². The van der Waals surface area contributed by atoms with E-state index in [1.54, 1.807) is 6.07 Å². The molecule has 3 heteroatoms. The summed E-state index contributed by atoms with van der Waals surface area (Å²) >= 11 is 0. The van der Waals surface area contributed by atoms with Crippen LogP contribution in [0.1, 0.15) is 33.1 Å². The molecule has 1 saturated carbocycles. The first kappa shape index (κ1) is 11.2. The highest BCUT2D eigenvalue weighted by Gasteiger charge is 2.34. The van der Waals surface area contributed by atoms with Gasteiger partial charge in [-0.25, -0.2) is 4.39 Å². The molecule has 0 radical (unpaired) electrons. The second-order valence-corrected chi connectivity index (χ2v) is 5.24. The van der Waals surface area contributed by atoms with Crippen LogP contribution in [0.2, 0.25) is 0 Å². The molecule has 2 rings (SSSR count). The molecule has 0 saturated heterocycles. The second-order valence-electron chi connectivity index (χ2n) is 5.24. The summed E-state index contributed by atoms with van der Waals surface area (Å²) in [6.45, 7) is 4.46. The number of hydrogen-bond donors (Lipinski definition) is 2. The molecule has 0 amide bonds. The SMILES string of the molecule is CC1(C)CCCC1Nc1ccc(O)c(F)c1. The Morgan fingerprint density at radius 3 is 2.75 bits per heavy atom. The Bertz CT molecular complexity index is 390. The molecule has 1 aromatic carbocycles. The van der Waals surface area contributed by atoms with Crippen LogP contribution in [0.15, 0.2) is 18.2 Å². The third-order valence-corrected chi connectivity index (χ3v) is 3.55. The van der Waals surface area contributed by atoms with Crippen molar-refractivity contribution >= 4 is 5.69 Å². The van der Waals surface area contributed by atoms with Gasteiger partial charge in [0, 0.05) is 17.8 Å². The average molecular weight is 223 g/mol. The summed E-state index contributed by atoms with van der Waals surface area (Å²) in [4.78, 5) is 0. The van der Waals surface area contributed by atoms with Crippen LogP contribution in [0.4, 0.5) is 10.1 Å². The van der Waals surface area contributed by atoms with E-state index in [9.17, 15) is 4.39 Å². The summed E-state index contributed by atoms with van der Waals surface area (Å²) in [5.74, 6) is -0.864. The molecule has 0 aromatic heterocycles. The van der Waals surface area contributed by atoms with Crippen molar-refractivity contribution in [2.75, 3.05) is 5.32 Å². The average Bonchev–Trinajstić information content (AvgIpc) is 2.52. The van der Waals surface area contributed by atoms with E-state index in [-0.39, 0.29) is 11.2 Å². The van der Waals surface area contributed by atoms with Crippen LogP contribution in [0.5, 0.6) is 5.75 Å². The molecule has 1 fully saturated rings. The van der Waals surface area contributed by atoms with Gasteiger partial charge in [-0.05, 0) is 30.4 Å². The van der Waals surface area contributed by atoms with E-state index in [1.165, 1.54) is 25.0 Å². The van der Waals surface area contributed by atoms with Crippen LogP contribution in [-0.4, -0.2) is 11.1 Å². The maximum Gasteiger partial charge on any atom is 0.166 e. The molecule has 0 heterocycles. The summed E-state index contributed by atoms with van der Waals surface area (Å²) in [6.07, 6.45) is 3.53. The van der Waals surface area contributed by atoms with Crippen molar-refractivity contribution in [2.24, 2.45) is 5.41 Å². The quantitative estimate of drug-likeness (QED) is 0.752. The van der Waals surface area contributed by atoms with Crippen LogP contribution in [0.25, 0.3) is 0 Å². The topological polar surface area (TPSA) is 32.3 Å². The lowest BCUT2D eigenvalue weighted by molar-refractivity contribution is 0.350. The molecule has 1 unspecified atom stereocenters. The molecule has 2 N–H and O–H groups in total. The Kier molecular flexibility index (Phi) is 2.78. The third-order valence-electron chi connectivity index (χ3n) is 3.55. The fourth-order valence-corrected chi connectivity index (χ4v) is 2.39. The standard InChI is InChI=1S/C13H18FNO/c1-13(2)7-3-4-12(13)15-9-5-6-11(16)10(14)8-9/h5-6,8,12,15-16H,3-4,7H2,1-2H3. The Morgan fingerprint density at radius 2 is 2.19 bits per heavy atom. The van der Waals surface area contributed by atoms with Gasteiger partial charge in [0.1, 0.15) is 0 Å². The van der Waals surface area contributed by atoms with Gasteiger partial charge in [0.15, 0.2) is 11.6 Å². The molecular weight excluding hydrogens is 205 g/mol. The number of anilines is 1. The molecule has 1 aliphatic carbocycles. The van der Waals surface area contributed by atoms with Gasteiger partial charge in [-0.2, -0.15) is 0 Å². The summed E-state index contributed by atoms with van der Waals surface area (Å²) in [7, 11) is 0. The predicted octanol–water partition coefficient (Wildman–Crippen LogP) is 3.52. The summed E-state index contributed by atoms with van der Waals surface area (Å²) < 4.78 is 13.2. The zero-order valence-corrected chi connectivity index (χ0v) is 9.76. The molecular formula is C13H18FNO. The van der Waals surface area contributed by atoms with Gasteiger partial charge in [-0.15, -0.1) is 0 Å². The minimum atomic E-state index is -0.569. The normalized spacial score (nSPS) is 23.3. The second kappa shape index (κ2) is 3.96. The van der Waals surface area contributed by atoms with Crippen molar-refractivity contribution in [3.63, 3.8) is 0 Å². The van der Waals surface area contributed by atoms with Gasteiger partial charge in [-0.3, -0.25) is 0 Å². The van der Waals surface area contributed by atoms with Crippen LogP contribution in [0.3, 0.4) is 0 Å². The number of halogens is 1. The van der Waals surface area contributed by atoms with Gasteiger partial charge in [0.2, 0.25) is 0 Å². The van der Waals surface area contributed by atoms with Gasteiger partial charge in [-0.1, -0.05) is 20.3 Å². The predicted molar refractivity (Wildman–Crippen MR) is 63.1 cm³/mol. The number of nitrogens with one attached hydrogen (secondary N) is 1. The van der Waals surface area contributed by atoms with E-state index in [4.69, 9.17) is 5.11 Å². The number of phenolic OH excluding ortho intramolecular Hbond substituents is 1. The number of phenols is 1. The van der Waals surface area contributed by atoms with Crippen LogP contribution < -0.4 is 5.32 Å². The zero-order chi connectivity index (χ0) is 11.8. The molecule has 0 bridgehead atoms. The van der Waals surface area contributed by atoms with Gasteiger partial charge >= 0.3 is 0 Å². The van der Waals surface area contributed by atoms with Crippen molar-refractivity contribution in [1.29, 1.82) is 0 Å².